The second-order valence-corrected chi connectivity index (χ2v) is 4.39. The number of nitrogens with one attached hydrogen (secondary N) is 1. The number of hydrogen-bond acceptors (Lipinski definition) is 6. The minimum absolute atomic E-state index is 0.0864. The molecule has 6 nitrogen and oxygen atoms in total. The first-order valence-electron chi connectivity index (χ1n) is 5.80. The second-order valence-electron chi connectivity index (χ2n) is 4.39. The number of halogens is 3. The fourth-order valence-corrected chi connectivity index (χ4v) is 1.76. The summed E-state index contributed by atoms with van der Waals surface area (Å²) in [4.78, 5) is 3.97. The summed E-state index contributed by atoms with van der Waals surface area (Å²) < 4.78 is 44.8. The number of alkyl halides is 3. The molecule has 0 amide bonds. The number of ether oxygens (including phenoxy) is 1. The SMILES string of the molecule is OC1(c2nc(CCOCC(F)(F)F)no2)CCNC1. The van der Waals surface area contributed by atoms with Gasteiger partial charge in [0.1, 0.15) is 6.61 Å². The number of nitrogens with zero attached hydrogens (tertiary/aromatic N) is 2. The van der Waals surface area contributed by atoms with Crippen LogP contribution in [-0.2, 0) is 16.8 Å². The first-order chi connectivity index (χ1) is 8.89. The highest BCUT2D eigenvalue weighted by atomic mass is 19.4. The van der Waals surface area contributed by atoms with Gasteiger partial charge in [0, 0.05) is 13.0 Å². The van der Waals surface area contributed by atoms with Crippen molar-refractivity contribution >= 4 is 0 Å². The van der Waals surface area contributed by atoms with Crippen LogP contribution in [0.4, 0.5) is 13.2 Å². The van der Waals surface area contributed by atoms with Crippen LogP contribution >= 0.6 is 0 Å². The molecule has 0 saturated carbocycles. The summed E-state index contributed by atoms with van der Waals surface area (Å²) in [6, 6.07) is 0. The van der Waals surface area contributed by atoms with E-state index in [1.165, 1.54) is 0 Å². The Labute approximate surface area is 106 Å². The molecule has 1 saturated heterocycles. The summed E-state index contributed by atoms with van der Waals surface area (Å²) >= 11 is 0. The smallest absolute Gasteiger partial charge is 0.379 e. The lowest BCUT2D eigenvalue weighted by atomic mass is 10.0. The number of hydrogen-bond donors (Lipinski definition) is 2. The molecule has 2 heterocycles. The standard InChI is InChI=1S/C10H14F3N3O3/c11-10(12,13)6-18-4-1-7-15-8(19-16-7)9(17)2-3-14-5-9/h14,17H,1-6H2. The molecule has 0 bridgehead atoms. The Hall–Kier alpha value is -1.19. The molecule has 1 aromatic rings. The molecule has 1 aliphatic rings. The maximum Gasteiger partial charge on any atom is 0.411 e. The molecule has 0 spiro atoms. The predicted octanol–water partition coefficient (Wildman–Crippen LogP) is 0.372. The van der Waals surface area contributed by atoms with Crippen LogP contribution in [0.2, 0.25) is 0 Å². The molecule has 1 aromatic heterocycles. The summed E-state index contributed by atoms with van der Waals surface area (Å²) in [6.07, 6.45) is -3.78. The number of aromatic nitrogens is 2. The molecule has 19 heavy (non-hydrogen) atoms. The van der Waals surface area contributed by atoms with Crippen LogP contribution in [0.3, 0.4) is 0 Å². The van der Waals surface area contributed by atoms with Crippen LogP contribution in [-0.4, -0.2) is 47.7 Å². The van der Waals surface area contributed by atoms with E-state index in [1.54, 1.807) is 0 Å². The van der Waals surface area contributed by atoms with Gasteiger partial charge in [-0.15, -0.1) is 0 Å². The third kappa shape index (κ3) is 3.88. The molecular weight excluding hydrogens is 267 g/mol. The third-order valence-corrected chi connectivity index (χ3v) is 2.73. The van der Waals surface area contributed by atoms with E-state index in [9.17, 15) is 18.3 Å². The molecule has 108 valence electrons. The van der Waals surface area contributed by atoms with Crippen LogP contribution in [0.15, 0.2) is 4.52 Å². The molecule has 9 heteroatoms. The van der Waals surface area contributed by atoms with Gasteiger partial charge in [-0.25, -0.2) is 0 Å². The Balaban J connectivity index is 1.81. The molecule has 2 N–H and O–H groups in total. The Morgan fingerprint density at radius 3 is 2.89 bits per heavy atom. The highest BCUT2D eigenvalue weighted by Gasteiger charge is 2.38. The van der Waals surface area contributed by atoms with Gasteiger partial charge in [0.05, 0.1) is 6.61 Å². The van der Waals surface area contributed by atoms with Crippen LogP contribution in [0, 0.1) is 0 Å². The second kappa shape index (κ2) is 5.43. The van der Waals surface area contributed by atoms with Gasteiger partial charge < -0.3 is 19.7 Å². The van der Waals surface area contributed by atoms with E-state index in [0.717, 1.165) is 0 Å². The van der Waals surface area contributed by atoms with Crippen molar-refractivity contribution in [2.24, 2.45) is 0 Å². The monoisotopic (exact) mass is 281 g/mol. The summed E-state index contributed by atoms with van der Waals surface area (Å²) in [5.41, 5.74) is -1.18. The molecule has 1 atom stereocenters. The van der Waals surface area contributed by atoms with Crippen molar-refractivity contribution in [1.29, 1.82) is 0 Å². The molecule has 1 fully saturated rings. The summed E-state index contributed by atoms with van der Waals surface area (Å²) in [7, 11) is 0. The summed E-state index contributed by atoms with van der Waals surface area (Å²) in [6.45, 7) is -0.497. The van der Waals surface area contributed by atoms with Crippen molar-refractivity contribution in [3.05, 3.63) is 11.7 Å². The third-order valence-electron chi connectivity index (χ3n) is 2.73. The number of aliphatic hydroxyl groups is 1. The van der Waals surface area contributed by atoms with Crippen molar-refractivity contribution in [1.82, 2.24) is 15.5 Å². The zero-order valence-electron chi connectivity index (χ0n) is 10.0. The average molecular weight is 281 g/mol. The predicted molar refractivity (Wildman–Crippen MR) is 56.3 cm³/mol. The van der Waals surface area contributed by atoms with E-state index in [0.29, 0.717) is 19.5 Å². The lowest BCUT2D eigenvalue weighted by Gasteiger charge is -2.14. The van der Waals surface area contributed by atoms with Crippen LogP contribution in [0.5, 0.6) is 0 Å². The van der Waals surface area contributed by atoms with Gasteiger partial charge in [0.2, 0.25) is 0 Å². The Morgan fingerprint density at radius 2 is 2.26 bits per heavy atom. The quantitative estimate of drug-likeness (QED) is 0.759. The van der Waals surface area contributed by atoms with E-state index >= 15 is 0 Å². The fraction of sp³-hybridized carbons (Fsp3) is 0.800. The van der Waals surface area contributed by atoms with E-state index in [2.05, 4.69) is 20.2 Å². The van der Waals surface area contributed by atoms with Crippen LogP contribution in [0.1, 0.15) is 18.1 Å². The molecule has 1 aliphatic heterocycles. The molecule has 0 aromatic carbocycles. The van der Waals surface area contributed by atoms with Gasteiger partial charge >= 0.3 is 6.18 Å². The van der Waals surface area contributed by atoms with E-state index in [1.807, 2.05) is 0 Å². The fourth-order valence-electron chi connectivity index (χ4n) is 1.76. The first-order valence-corrected chi connectivity index (χ1v) is 5.80. The largest absolute Gasteiger partial charge is 0.411 e. The zero-order chi connectivity index (χ0) is 13.9. The maximum atomic E-state index is 11.8. The molecule has 1 unspecified atom stereocenters. The zero-order valence-corrected chi connectivity index (χ0v) is 10.0. The highest BCUT2D eigenvalue weighted by Crippen LogP contribution is 2.25. The molecule has 0 radical (unpaired) electrons. The van der Waals surface area contributed by atoms with Gasteiger partial charge in [0.25, 0.3) is 5.89 Å². The number of rotatable bonds is 5. The Morgan fingerprint density at radius 1 is 1.47 bits per heavy atom. The van der Waals surface area contributed by atoms with Gasteiger partial charge in [-0.1, -0.05) is 5.16 Å². The summed E-state index contributed by atoms with van der Waals surface area (Å²) in [5.74, 6) is 0.306. The van der Waals surface area contributed by atoms with Crippen LogP contribution < -0.4 is 5.32 Å². The van der Waals surface area contributed by atoms with Gasteiger partial charge in [0.15, 0.2) is 11.4 Å². The number of β-amino-alcohol motifs (C(OH)–C–C–N with tert-alkyl or cyclic N) is 1. The van der Waals surface area contributed by atoms with Crippen molar-refractivity contribution in [3.8, 4) is 0 Å². The molecular formula is C10H14F3N3O3. The molecule has 0 aliphatic carbocycles. The van der Waals surface area contributed by atoms with Crippen molar-refractivity contribution < 1.29 is 27.5 Å². The van der Waals surface area contributed by atoms with Crippen LogP contribution in [0.25, 0.3) is 0 Å². The first kappa shape index (κ1) is 14.2. The highest BCUT2D eigenvalue weighted by molar-refractivity contribution is 5.03. The Kier molecular flexibility index (Phi) is 4.07. The van der Waals surface area contributed by atoms with Crippen molar-refractivity contribution in [3.63, 3.8) is 0 Å². The van der Waals surface area contributed by atoms with E-state index in [4.69, 9.17) is 4.52 Å². The summed E-state index contributed by atoms with van der Waals surface area (Å²) in [5, 5.41) is 16.7. The normalized spacial score (nSPS) is 24.0. The Bertz CT molecular complexity index is 416. The van der Waals surface area contributed by atoms with Crippen molar-refractivity contribution in [2.45, 2.75) is 24.6 Å². The minimum Gasteiger partial charge on any atom is -0.379 e. The lowest BCUT2D eigenvalue weighted by molar-refractivity contribution is -0.173. The van der Waals surface area contributed by atoms with Crippen molar-refractivity contribution in [2.75, 3.05) is 26.3 Å². The van der Waals surface area contributed by atoms with Gasteiger partial charge in [-0.2, -0.15) is 18.2 Å². The molecule has 2 rings (SSSR count). The average Bonchev–Trinajstić information content (AvgIpc) is 2.93. The lowest BCUT2D eigenvalue weighted by Crippen LogP contribution is -2.28. The van der Waals surface area contributed by atoms with E-state index in [-0.39, 0.29) is 24.7 Å². The van der Waals surface area contributed by atoms with Gasteiger partial charge in [-0.05, 0) is 13.0 Å². The topological polar surface area (TPSA) is 80.4 Å². The minimum atomic E-state index is -4.34. The van der Waals surface area contributed by atoms with E-state index < -0.39 is 18.4 Å². The van der Waals surface area contributed by atoms with Gasteiger partial charge in [-0.3, -0.25) is 0 Å². The maximum absolute atomic E-state index is 11.8.